The van der Waals surface area contributed by atoms with E-state index >= 15 is 0 Å². The molecule has 1 atom stereocenters. The van der Waals surface area contributed by atoms with Crippen LogP contribution in [-0.2, 0) is 6.42 Å². The fourth-order valence-electron chi connectivity index (χ4n) is 1.99. The number of hydrogen-bond donors (Lipinski definition) is 2. The van der Waals surface area contributed by atoms with Gasteiger partial charge in [-0.1, -0.05) is 46.9 Å². The van der Waals surface area contributed by atoms with Crippen molar-refractivity contribution in [3.05, 3.63) is 68.4 Å². The minimum Gasteiger partial charge on any atom is -0.271 e. The van der Waals surface area contributed by atoms with E-state index in [1.807, 2.05) is 6.07 Å². The van der Waals surface area contributed by atoms with Crippen molar-refractivity contribution in [2.45, 2.75) is 12.5 Å². The highest BCUT2D eigenvalue weighted by Gasteiger charge is 2.18. The average molecular weight is 334 g/mol. The van der Waals surface area contributed by atoms with Gasteiger partial charge in [-0.15, -0.1) is 0 Å². The number of nitrogens with one attached hydrogen (secondary N) is 1. The molecule has 0 saturated heterocycles. The molecule has 0 amide bonds. The van der Waals surface area contributed by atoms with Crippen LogP contribution in [0, 0.1) is 5.82 Å². The summed E-state index contributed by atoms with van der Waals surface area (Å²) in [5.74, 6) is 5.12. The molecule has 0 aromatic heterocycles. The third kappa shape index (κ3) is 3.43. The molecule has 2 aromatic carbocycles. The summed E-state index contributed by atoms with van der Waals surface area (Å²) in [5.41, 5.74) is 3.79. The van der Waals surface area contributed by atoms with Crippen LogP contribution >= 0.6 is 34.8 Å². The van der Waals surface area contributed by atoms with Crippen LogP contribution in [0.1, 0.15) is 17.2 Å². The molecule has 1 unspecified atom stereocenters. The lowest BCUT2D eigenvalue weighted by Crippen LogP contribution is -2.30. The van der Waals surface area contributed by atoms with Crippen molar-refractivity contribution in [1.82, 2.24) is 5.43 Å². The Kier molecular flexibility index (Phi) is 5.24. The lowest BCUT2D eigenvalue weighted by molar-refractivity contribution is 0.511. The number of nitrogens with two attached hydrogens (primary N) is 1. The molecule has 2 nitrogen and oxygen atoms in total. The van der Waals surface area contributed by atoms with Crippen molar-refractivity contribution < 1.29 is 4.39 Å². The Balaban J connectivity index is 2.31. The number of benzene rings is 2. The van der Waals surface area contributed by atoms with Crippen LogP contribution in [0.2, 0.25) is 15.1 Å². The van der Waals surface area contributed by atoms with Gasteiger partial charge in [0.05, 0.1) is 16.1 Å². The predicted octanol–water partition coefficient (Wildman–Crippen LogP) is 4.53. The van der Waals surface area contributed by atoms with Crippen molar-refractivity contribution in [3.8, 4) is 0 Å². The highest BCUT2D eigenvalue weighted by atomic mass is 35.5. The van der Waals surface area contributed by atoms with Gasteiger partial charge in [0.15, 0.2) is 0 Å². The van der Waals surface area contributed by atoms with E-state index in [1.165, 1.54) is 6.07 Å². The Morgan fingerprint density at radius 1 is 1.05 bits per heavy atom. The van der Waals surface area contributed by atoms with Crippen LogP contribution in [-0.4, -0.2) is 0 Å². The smallest absolute Gasteiger partial charge is 0.129 e. The third-order valence-electron chi connectivity index (χ3n) is 2.97. The van der Waals surface area contributed by atoms with E-state index in [0.29, 0.717) is 27.1 Å². The van der Waals surface area contributed by atoms with E-state index in [4.69, 9.17) is 40.6 Å². The van der Waals surface area contributed by atoms with Gasteiger partial charge in [0.1, 0.15) is 5.82 Å². The molecule has 0 bridgehead atoms. The summed E-state index contributed by atoms with van der Waals surface area (Å²) < 4.78 is 13.9. The van der Waals surface area contributed by atoms with E-state index in [0.717, 1.165) is 5.56 Å². The lowest BCUT2D eigenvalue weighted by atomic mass is 9.99. The van der Waals surface area contributed by atoms with Crippen LogP contribution in [0.4, 0.5) is 4.39 Å². The second kappa shape index (κ2) is 6.74. The molecule has 2 rings (SSSR count). The van der Waals surface area contributed by atoms with Crippen LogP contribution in [0.3, 0.4) is 0 Å². The van der Waals surface area contributed by atoms with Crippen molar-refractivity contribution in [3.63, 3.8) is 0 Å². The summed E-state index contributed by atoms with van der Waals surface area (Å²) in [5, 5.41) is 1.24. The third-order valence-corrected chi connectivity index (χ3v) is 4.04. The van der Waals surface area contributed by atoms with Crippen LogP contribution in [0.25, 0.3) is 0 Å². The summed E-state index contributed by atoms with van der Waals surface area (Å²) in [6.07, 6.45) is 0.439. The fraction of sp³-hybridized carbons (Fsp3) is 0.143. The van der Waals surface area contributed by atoms with Crippen molar-refractivity contribution >= 4 is 34.8 Å². The quantitative estimate of drug-likeness (QED) is 0.637. The molecule has 0 heterocycles. The van der Waals surface area contributed by atoms with Crippen molar-refractivity contribution in [2.24, 2.45) is 5.84 Å². The van der Waals surface area contributed by atoms with Crippen LogP contribution < -0.4 is 11.3 Å². The fourth-order valence-corrected chi connectivity index (χ4v) is 2.61. The molecule has 0 saturated carbocycles. The molecular formula is C14H12Cl3FN2. The van der Waals surface area contributed by atoms with E-state index in [-0.39, 0.29) is 0 Å². The first-order valence-electron chi connectivity index (χ1n) is 5.87. The standard InChI is InChI=1S/C14H12Cl3FN2/c15-9-5-4-8(6-11(9)17)7-13(20-19)14-10(16)2-1-3-12(14)18/h1-6,13,20H,7,19H2. The zero-order valence-corrected chi connectivity index (χ0v) is 12.6. The maximum absolute atomic E-state index is 13.9. The van der Waals surface area contributed by atoms with Gasteiger partial charge in [-0.25, -0.2) is 4.39 Å². The van der Waals surface area contributed by atoms with Crippen molar-refractivity contribution in [1.29, 1.82) is 0 Å². The molecule has 6 heteroatoms. The Morgan fingerprint density at radius 2 is 1.80 bits per heavy atom. The zero-order valence-electron chi connectivity index (χ0n) is 10.3. The second-order valence-corrected chi connectivity index (χ2v) is 5.53. The SMILES string of the molecule is NNC(Cc1ccc(Cl)c(Cl)c1)c1c(F)cccc1Cl. The number of rotatable bonds is 4. The summed E-state index contributed by atoms with van der Waals surface area (Å²) in [7, 11) is 0. The Bertz CT molecular complexity index is 599. The topological polar surface area (TPSA) is 38.0 Å². The predicted molar refractivity (Wildman–Crippen MR) is 81.6 cm³/mol. The highest BCUT2D eigenvalue weighted by molar-refractivity contribution is 6.42. The maximum Gasteiger partial charge on any atom is 0.129 e. The first-order chi connectivity index (χ1) is 9.52. The maximum atomic E-state index is 13.9. The normalized spacial score (nSPS) is 12.4. The van der Waals surface area contributed by atoms with Gasteiger partial charge in [-0.2, -0.15) is 0 Å². The largest absolute Gasteiger partial charge is 0.271 e. The van der Waals surface area contributed by atoms with E-state index < -0.39 is 11.9 Å². The molecule has 0 aliphatic carbocycles. The molecule has 0 fully saturated rings. The Labute approximate surface area is 131 Å². The number of halogens is 4. The summed E-state index contributed by atoms with van der Waals surface area (Å²) in [6, 6.07) is 9.29. The molecule has 0 aliphatic heterocycles. The van der Waals surface area contributed by atoms with Crippen molar-refractivity contribution in [2.75, 3.05) is 0 Å². The highest BCUT2D eigenvalue weighted by Crippen LogP contribution is 2.29. The number of hydrogen-bond acceptors (Lipinski definition) is 2. The van der Waals surface area contributed by atoms with E-state index in [1.54, 1.807) is 24.3 Å². The monoisotopic (exact) mass is 332 g/mol. The van der Waals surface area contributed by atoms with E-state index in [9.17, 15) is 4.39 Å². The Morgan fingerprint density at radius 3 is 2.40 bits per heavy atom. The van der Waals surface area contributed by atoms with Gasteiger partial charge < -0.3 is 0 Å². The van der Waals surface area contributed by atoms with Crippen LogP contribution in [0.5, 0.6) is 0 Å². The summed E-state index contributed by atoms with van der Waals surface area (Å²) >= 11 is 17.9. The first kappa shape index (κ1) is 15.5. The summed E-state index contributed by atoms with van der Waals surface area (Å²) in [4.78, 5) is 0. The first-order valence-corrected chi connectivity index (χ1v) is 7.00. The lowest BCUT2D eigenvalue weighted by Gasteiger charge is -2.18. The van der Waals surface area contributed by atoms with Gasteiger partial charge >= 0.3 is 0 Å². The Hall–Kier alpha value is -0.840. The minimum absolute atomic E-state index is 0.327. The minimum atomic E-state index is -0.457. The molecule has 0 spiro atoms. The molecular weight excluding hydrogens is 322 g/mol. The average Bonchev–Trinajstić information content (AvgIpc) is 2.41. The second-order valence-electron chi connectivity index (χ2n) is 4.31. The van der Waals surface area contributed by atoms with Gasteiger partial charge in [0.2, 0.25) is 0 Å². The van der Waals surface area contributed by atoms with E-state index in [2.05, 4.69) is 5.43 Å². The zero-order chi connectivity index (χ0) is 14.7. The number of hydrazine groups is 1. The van der Waals surface area contributed by atoms with Gasteiger partial charge in [0, 0.05) is 10.6 Å². The summed E-state index contributed by atoms with van der Waals surface area (Å²) in [6.45, 7) is 0. The molecule has 2 aromatic rings. The molecule has 0 aliphatic rings. The molecule has 20 heavy (non-hydrogen) atoms. The van der Waals surface area contributed by atoms with Gasteiger partial charge in [-0.3, -0.25) is 11.3 Å². The van der Waals surface area contributed by atoms with Crippen LogP contribution in [0.15, 0.2) is 36.4 Å². The molecule has 106 valence electrons. The van der Waals surface area contributed by atoms with Gasteiger partial charge in [0.25, 0.3) is 0 Å². The van der Waals surface area contributed by atoms with Gasteiger partial charge in [-0.05, 0) is 36.2 Å². The molecule has 3 N–H and O–H groups in total. The molecule has 0 radical (unpaired) electrons.